The summed E-state index contributed by atoms with van der Waals surface area (Å²) in [6.45, 7) is 2.95. The van der Waals surface area contributed by atoms with Crippen molar-refractivity contribution < 1.29 is 4.79 Å². The van der Waals surface area contributed by atoms with E-state index in [1.807, 2.05) is 12.3 Å². The number of carbonyl (C=O) groups is 1. The molecule has 1 N–H and O–H groups in total. The molecule has 0 spiro atoms. The van der Waals surface area contributed by atoms with Gasteiger partial charge < -0.3 is 5.32 Å². The van der Waals surface area contributed by atoms with Crippen molar-refractivity contribution in [1.29, 1.82) is 0 Å². The zero-order valence-electron chi connectivity index (χ0n) is 9.93. The lowest BCUT2D eigenvalue weighted by molar-refractivity contribution is 0.0951. The minimum atomic E-state index is -0.158. The van der Waals surface area contributed by atoms with Crippen LogP contribution in [0.1, 0.15) is 16.1 Å². The van der Waals surface area contributed by atoms with E-state index in [0.717, 1.165) is 5.69 Å². The Kier molecular flexibility index (Phi) is 3.94. The number of rotatable bonds is 4. The second-order valence-electron chi connectivity index (χ2n) is 3.84. The normalized spacial score (nSPS) is 10.3. The van der Waals surface area contributed by atoms with E-state index in [4.69, 9.17) is 11.6 Å². The monoisotopic (exact) mass is 264 g/mol. The number of pyridine rings is 1. The average molecular weight is 265 g/mol. The van der Waals surface area contributed by atoms with Crippen molar-refractivity contribution in [2.24, 2.45) is 0 Å². The number of carbonyl (C=O) groups excluding carboxylic acids is 1. The second kappa shape index (κ2) is 5.64. The Morgan fingerprint density at radius 3 is 3.00 bits per heavy atom. The van der Waals surface area contributed by atoms with E-state index >= 15 is 0 Å². The molecule has 0 radical (unpaired) electrons. The van der Waals surface area contributed by atoms with Crippen molar-refractivity contribution in [2.45, 2.75) is 13.5 Å². The molecule has 0 unspecified atom stereocenters. The molecular formula is C12H13ClN4O. The molecule has 0 aliphatic heterocycles. The summed E-state index contributed by atoms with van der Waals surface area (Å²) in [6.07, 6.45) is 3.55. The molecule has 5 nitrogen and oxygen atoms in total. The molecule has 2 heterocycles. The van der Waals surface area contributed by atoms with Gasteiger partial charge in [-0.05, 0) is 25.1 Å². The number of nitrogens with one attached hydrogen (secondary N) is 1. The number of hydrogen-bond donors (Lipinski definition) is 1. The molecule has 2 aromatic rings. The van der Waals surface area contributed by atoms with Crippen LogP contribution < -0.4 is 5.32 Å². The van der Waals surface area contributed by atoms with Crippen LogP contribution in [0.2, 0.25) is 5.15 Å². The van der Waals surface area contributed by atoms with Crippen LogP contribution in [0.5, 0.6) is 0 Å². The molecule has 18 heavy (non-hydrogen) atoms. The summed E-state index contributed by atoms with van der Waals surface area (Å²) >= 11 is 5.80. The van der Waals surface area contributed by atoms with Gasteiger partial charge >= 0.3 is 0 Å². The summed E-state index contributed by atoms with van der Waals surface area (Å²) < 4.78 is 1.76. The molecule has 0 bridgehead atoms. The largest absolute Gasteiger partial charge is 0.350 e. The predicted octanol–water partition coefficient (Wildman–Crippen LogP) is 1.67. The molecule has 0 aromatic carbocycles. The van der Waals surface area contributed by atoms with Gasteiger partial charge in [-0.1, -0.05) is 11.6 Å². The van der Waals surface area contributed by atoms with E-state index in [9.17, 15) is 4.79 Å². The minimum absolute atomic E-state index is 0.158. The molecule has 2 aromatic heterocycles. The quantitative estimate of drug-likeness (QED) is 0.855. The van der Waals surface area contributed by atoms with Crippen LogP contribution in [-0.2, 0) is 6.54 Å². The summed E-state index contributed by atoms with van der Waals surface area (Å²) in [4.78, 5) is 15.9. The summed E-state index contributed by atoms with van der Waals surface area (Å²) in [5.74, 6) is -0.158. The van der Waals surface area contributed by atoms with Crippen LogP contribution in [0, 0.1) is 6.92 Å². The zero-order valence-corrected chi connectivity index (χ0v) is 10.7. The Bertz CT molecular complexity index is 519. The highest BCUT2D eigenvalue weighted by atomic mass is 35.5. The summed E-state index contributed by atoms with van der Waals surface area (Å²) in [5, 5.41) is 7.18. The molecule has 0 aliphatic rings. The van der Waals surface area contributed by atoms with Gasteiger partial charge in [0.25, 0.3) is 5.91 Å². The van der Waals surface area contributed by atoms with Crippen LogP contribution in [0.15, 0.2) is 30.6 Å². The third-order valence-corrected chi connectivity index (χ3v) is 2.56. The summed E-state index contributed by atoms with van der Waals surface area (Å²) in [6, 6.07) is 5.10. The fraction of sp³-hybridized carbons (Fsp3) is 0.250. The molecule has 1 amide bonds. The van der Waals surface area contributed by atoms with Crippen molar-refractivity contribution in [3.63, 3.8) is 0 Å². The van der Waals surface area contributed by atoms with Gasteiger partial charge in [0, 0.05) is 30.2 Å². The summed E-state index contributed by atoms with van der Waals surface area (Å²) in [7, 11) is 0. The maximum Gasteiger partial charge on any atom is 0.251 e. The van der Waals surface area contributed by atoms with E-state index in [1.54, 1.807) is 29.9 Å². The fourth-order valence-corrected chi connectivity index (χ4v) is 1.83. The standard InChI is InChI=1S/C12H13ClN4O/c1-9-7-10(8-11(13)16-9)12(18)14-4-6-17-5-2-3-15-17/h2-3,5,7-8H,4,6H2,1H3,(H,14,18). The first kappa shape index (κ1) is 12.6. The van der Waals surface area contributed by atoms with Crippen LogP contribution in [-0.4, -0.2) is 27.2 Å². The highest BCUT2D eigenvalue weighted by Gasteiger charge is 2.07. The molecule has 94 valence electrons. The lowest BCUT2D eigenvalue weighted by Crippen LogP contribution is -2.27. The highest BCUT2D eigenvalue weighted by molar-refractivity contribution is 6.29. The highest BCUT2D eigenvalue weighted by Crippen LogP contribution is 2.10. The van der Waals surface area contributed by atoms with Gasteiger partial charge in [0.15, 0.2) is 0 Å². The van der Waals surface area contributed by atoms with Gasteiger partial charge in [-0.2, -0.15) is 5.10 Å². The molecular weight excluding hydrogens is 252 g/mol. The zero-order chi connectivity index (χ0) is 13.0. The smallest absolute Gasteiger partial charge is 0.251 e. The van der Waals surface area contributed by atoms with Crippen molar-refractivity contribution in [2.75, 3.05) is 6.54 Å². The minimum Gasteiger partial charge on any atom is -0.350 e. The lowest BCUT2D eigenvalue weighted by atomic mass is 10.2. The van der Waals surface area contributed by atoms with Crippen LogP contribution in [0.3, 0.4) is 0 Å². The molecule has 6 heteroatoms. The van der Waals surface area contributed by atoms with E-state index < -0.39 is 0 Å². The topological polar surface area (TPSA) is 59.8 Å². The number of nitrogens with zero attached hydrogens (tertiary/aromatic N) is 3. The maximum absolute atomic E-state index is 11.9. The number of amides is 1. The first-order chi connectivity index (χ1) is 8.65. The van der Waals surface area contributed by atoms with Gasteiger partial charge in [-0.25, -0.2) is 4.98 Å². The van der Waals surface area contributed by atoms with Gasteiger partial charge in [0.2, 0.25) is 0 Å². The number of halogens is 1. The van der Waals surface area contributed by atoms with E-state index in [2.05, 4.69) is 15.4 Å². The molecule has 0 saturated carbocycles. The van der Waals surface area contributed by atoms with Crippen molar-refractivity contribution in [1.82, 2.24) is 20.1 Å². The predicted molar refractivity (Wildman–Crippen MR) is 68.5 cm³/mol. The van der Waals surface area contributed by atoms with Crippen LogP contribution in [0.4, 0.5) is 0 Å². The molecule has 2 rings (SSSR count). The van der Waals surface area contributed by atoms with E-state index in [0.29, 0.717) is 23.8 Å². The van der Waals surface area contributed by atoms with Gasteiger partial charge in [0.05, 0.1) is 6.54 Å². The number of aromatic nitrogens is 3. The summed E-state index contributed by atoms with van der Waals surface area (Å²) in [5.41, 5.74) is 1.24. The van der Waals surface area contributed by atoms with Crippen LogP contribution in [0.25, 0.3) is 0 Å². The van der Waals surface area contributed by atoms with Crippen LogP contribution >= 0.6 is 11.6 Å². The van der Waals surface area contributed by atoms with Gasteiger partial charge in [0.1, 0.15) is 5.15 Å². The third-order valence-electron chi connectivity index (χ3n) is 2.37. The average Bonchev–Trinajstić information content (AvgIpc) is 2.80. The van der Waals surface area contributed by atoms with Crippen molar-refractivity contribution in [3.05, 3.63) is 47.0 Å². The lowest BCUT2D eigenvalue weighted by Gasteiger charge is -2.06. The maximum atomic E-state index is 11.9. The van der Waals surface area contributed by atoms with Crippen molar-refractivity contribution >= 4 is 17.5 Å². The van der Waals surface area contributed by atoms with Gasteiger partial charge in [-0.15, -0.1) is 0 Å². The Morgan fingerprint density at radius 2 is 2.33 bits per heavy atom. The Morgan fingerprint density at radius 1 is 1.50 bits per heavy atom. The van der Waals surface area contributed by atoms with Crippen molar-refractivity contribution in [3.8, 4) is 0 Å². The van der Waals surface area contributed by atoms with E-state index in [-0.39, 0.29) is 5.91 Å². The molecule has 0 aliphatic carbocycles. The second-order valence-corrected chi connectivity index (χ2v) is 4.23. The molecule has 0 saturated heterocycles. The first-order valence-corrected chi connectivity index (χ1v) is 5.93. The SMILES string of the molecule is Cc1cc(C(=O)NCCn2cccn2)cc(Cl)n1. The first-order valence-electron chi connectivity index (χ1n) is 5.55. The fourth-order valence-electron chi connectivity index (χ4n) is 1.58. The number of hydrogen-bond acceptors (Lipinski definition) is 3. The molecule has 0 atom stereocenters. The third kappa shape index (κ3) is 3.30. The molecule has 0 fully saturated rings. The Labute approximate surface area is 110 Å². The number of aryl methyl sites for hydroxylation is 1. The Balaban J connectivity index is 1.91. The Hall–Kier alpha value is -1.88. The van der Waals surface area contributed by atoms with Gasteiger partial charge in [-0.3, -0.25) is 9.48 Å². The van der Waals surface area contributed by atoms with E-state index in [1.165, 1.54) is 0 Å².